The minimum Gasteiger partial charge on any atom is -0.481 e. The number of rotatable bonds is 3. The van der Waals surface area contributed by atoms with Crippen LogP contribution in [0.1, 0.15) is 29.8 Å². The molecule has 0 spiro atoms. The second-order valence-electron chi connectivity index (χ2n) is 4.77. The molecule has 18 heavy (non-hydrogen) atoms. The predicted octanol–water partition coefficient (Wildman–Crippen LogP) is 2.95. The molecule has 2 heterocycles. The molecule has 0 bridgehead atoms. The van der Waals surface area contributed by atoms with E-state index in [4.69, 9.17) is 0 Å². The van der Waals surface area contributed by atoms with Crippen molar-refractivity contribution in [3.05, 3.63) is 29.0 Å². The number of nitrogens with one attached hydrogen (secondary N) is 1. The van der Waals surface area contributed by atoms with E-state index < -0.39 is 11.4 Å². The summed E-state index contributed by atoms with van der Waals surface area (Å²) in [5, 5.41) is 10.4. The topological polar surface area (TPSA) is 66.0 Å². The Kier molecular flexibility index (Phi) is 2.52. The van der Waals surface area contributed by atoms with Crippen LogP contribution in [0.3, 0.4) is 0 Å². The van der Waals surface area contributed by atoms with E-state index in [0.29, 0.717) is 0 Å². The van der Waals surface area contributed by atoms with E-state index in [1.54, 1.807) is 0 Å². The number of thiazole rings is 1. The van der Waals surface area contributed by atoms with E-state index >= 15 is 0 Å². The number of carbonyl (C=O) groups is 1. The van der Waals surface area contributed by atoms with Crippen molar-refractivity contribution in [2.45, 2.75) is 31.6 Å². The van der Waals surface area contributed by atoms with Crippen molar-refractivity contribution in [3.63, 3.8) is 0 Å². The first-order valence-electron chi connectivity index (χ1n) is 5.98. The molecule has 0 unspecified atom stereocenters. The summed E-state index contributed by atoms with van der Waals surface area (Å²) in [6.07, 6.45) is 6.19. The second-order valence-corrected chi connectivity index (χ2v) is 5.77. The number of H-pyrrole nitrogens is 1. The predicted molar refractivity (Wildman–Crippen MR) is 69.8 cm³/mol. The van der Waals surface area contributed by atoms with Gasteiger partial charge in [0, 0.05) is 22.8 Å². The van der Waals surface area contributed by atoms with Gasteiger partial charge < -0.3 is 10.1 Å². The van der Waals surface area contributed by atoms with Crippen molar-refractivity contribution in [1.29, 1.82) is 0 Å². The van der Waals surface area contributed by atoms with Crippen LogP contribution >= 0.6 is 11.3 Å². The van der Waals surface area contributed by atoms with Gasteiger partial charge in [-0.05, 0) is 25.8 Å². The highest BCUT2D eigenvalue weighted by atomic mass is 32.1. The summed E-state index contributed by atoms with van der Waals surface area (Å²) >= 11 is 1.52. The van der Waals surface area contributed by atoms with Gasteiger partial charge in [0.1, 0.15) is 10.4 Å². The average Bonchev–Trinajstić information content (AvgIpc) is 2.86. The summed E-state index contributed by atoms with van der Waals surface area (Å²) in [6.45, 7) is 1.91. The number of hydrogen-bond donors (Lipinski definition) is 2. The lowest BCUT2D eigenvalue weighted by molar-refractivity contribution is -0.147. The van der Waals surface area contributed by atoms with Gasteiger partial charge in [0.05, 0.1) is 5.69 Å². The quantitative estimate of drug-likeness (QED) is 0.893. The van der Waals surface area contributed by atoms with Crippen LogP contribution in [-0.2, 0) is 10.2 Å². The van der Waals surface area contributed by atoms with E-state index in [1.807, 2.05) is 25.4 Å². The van der Waals surface area contributed by atoms with Crippen LogP contribution in [-0.4, -0.2) is 21.0 Å². The van der Waals surface area contributed by atoms with Gasteiger partial charge in [-0.2, -0.15) is 0 Å². The molecule has 0 amide bonds. The third-order valence-electron chi connectivity index (χ3n) is 3.69. The molecule has 5 heteroatoms. The molecular formula is C13H14N2O2S. The van der Waals surface area contributed by atoms with Crippen molar-refractivity contribution in [1.82, 2.24) is 9.97 Å². The van der Waals surface area contributed by atoms with Gasteiger partial charge >= 0.3 is 5.97 Å². The molecule has 1 fully saturated rings. The molecule has 4 nitrogen and oxygen atoms in total. The Morgan fingerprint density at radius 2 is 2.33 bits per heavy atom. The van der Waals surface area contributed by atoms with Crippen LogP contribution < -0.4 is 0 Å². The van der Waals surface area contributed by atoms with E-state index in [2.05, 4.69) is 9.97 Å². The van der Waals surface area contributed by atoms with Crippen molar-refractivity contribution >= 4 is 17.3 Å². The maximum absolute atomic E-state index is 11.5. The fourth-order valence-corrected chi connectivity index (χ4v) is 3.79. The SMILES string of the molecule is Cc1nc(-c2cc[nH]c2)sc1C1(C(=O)O)CCC1. The maximum atomic E-state index is 11.5. The summed E-state index contributed by atoms with van der Waals surface area (Å²) in [4.78, 5) is 20.0. The first-order chi connectivity index (χ1) is 8.63. The fourth-order valence-electron chi connectivity index (χ4n) is 2.49. The fraction of sp³-hybridized carbons (Fsp3) is 0.385. The van der Waals surface area contributed by atoms with Crippen molar-refractivity contribution in [2.75, 3.05) is 0 Å². The largest absolute Gasteiger partial charge is 0.481 e. The van der Waals surface area contributed by atoms with Crippen LogP contribution in [0.25, 0.3) is 10.6 Å². The molecule has 0 atom stereocenters. The number of aryl methyl sites for hydroxylation is 1. The van der Waals surface area contributed by atoms with Crippen LogP contribution in [0.15, 0.2) is 18.5 Å². The molecule has 0 aliphatic heterocycles. The van der Waals surface area contributed by atoms with Gasteiger partial charge in [-0.15, -0.1) is 11.3 Å². The molecule has 2 aromatic rings. The molecule has 0 aromatic carbocycles. The Balaban J connectivity index is 2.06. The third kappa shape index (κ3) is 1.50. The number of aromatic amines is 1. The third-order valence-corrected chi connectivity index (χ3v) is 5.10. The lowest BCUT2D eigenvalue weighted by atomic mass is 9.67. The van der Waals surface area contributed by atoms with Gasteiger partial charge in [-0.25, -0.2) is 4.98 Å². The molecule has 94 valence electrons. The van der Waals surface area contributed by atoms with Crippen LogP contribution in [0.5, 0.6) is 0 Å². The highest BCUT2D eigenvalue weighted by Crippen LogP contribution is 2.48. The number of aliphatic carboxylic acids is 1. The van der Waals surface area contributed by atoms with Gasteiger partial charge in [-0.1, -0.05) is 6.42 Å². The summed E-state index contributed by atoms with van der Waals surface area (Å²) < 4.78 is 0. The lowest BCUT2D eigenvalue weighted by Crippen LogP contribution is -2.42. The minimum absolute atomic E-state index is 0.670. The molecule has 1 saturated carbocycles. The molecule has 0 radical (unpaired) electrons. The standard InChI is InChI=1S/C13H14N2O2S/c1-8-10(13(12(16)17)4-2-5-13)18-11(15-8)9-3-6-14-7-9/h3,6-7,14H,2,4-5H2,1H3,(H,16,17). The first kappa shape index (κ1) is 11.5. The van der Waals surface area contributed by atoms with Gasteiger partial charge in [0.15, 0.2) is 0 Å². The Bertz CT molecular complexity index is 582. The normalized spacial score (nSPS) is 17.4. The minimum atomic E-state index is -0.707. The Hall–Kier alpha value is -1.62. The molecule has 3 rings (SSSR count). The van der Waals surface area contributed by atoms with E-state index in [-0.39, 0.29) is 0 Å². The number of nitrogens with zero attached hydrogens (tertiary/aromatic N) is 1. The molecular weight excluding hydrogens is 248 g/mol. The number of hydrogen-bond acceptors (Lipinski definition) is 3. The molecule has 2 N–H and O–H groups in total. The summed E-state index contributed by atoms with van der Waals surface area (Å²) in [5.74, 6) is -0.707. The zero-order valence-electron chi connectivity index (χ0n) is 10.1. The van der Waals surface area contributed by atoms with E-state index in [1.165, 1.54) is 11.3 Å². The summed E-state index contributed by atoms with van der Waals surface area (Å²) in [5.41, 5.74) is 1.21. The zero-order chi connectivity index (χ0) is 12.8. The Morgan fingerprint density at radius 1 is 1.56 bits per heavy atom. The van der Waals surface area contributed by atoms with Gasteiger partial charge in [-0.3, -0.25) is 4.79 Å². The number of aromatic nitrogens is 2. The van der Waals surface area contributed by atoms with Crippen molar-refractivity contribution < 1.29 is 9.90 Å². The van der Waals surface area contributed by atoms with Gasteiger partial charge in [0.25, 0.3) is 0 Å². The second kappa shape index (κ2) is 3.95. The van der Waals surface area contributed by atoms with Gasteiger partial charge in [0.2, 0.25) is 0 Å². The number of carboxylic acids is 1. The Morgan fingerprint density at radius 3 is 2.83 bits per heavy atom. The monoisotopic (exact) mass is 262 g/mol. The molecule has 2 aromatic heterocycles. The van der Waals surface area contributed by atoms with Crippen LogP contribution in [0.2, 0.25) is 0 Å². The first-order valence-corrected chi connectivity index (χ1v) is 6.79. The molecule has 0 saturated heterocycles. The summed E-state index contributed by atoms with van der Waals surface area (Å²) in [7, 11) is 0. The van der Waals surface area contributed by atoms with Crippen LogP contribution in [0, 0.1) is 6.92 Å². The van der Waals surface area contributed by atoms with Crippen LogP contribution in [0.4, 0.5) is 0 Å². The number of carboxylic acid groups (broad SMARTS) is 1. The molecule has 1 aliphatic carbocycles. The average molecular weight is 262 g/mol. The highest BCUT2D eigenvalue weighted by molar-refractivity contribution is 7.15. The van der Waals surface area contributed by atoms with Crippen molar-refractivity contribution in [3.8, 4) is 10.6 Å². The van der Waals surface area contributed by atoms with Crippen molar-refractivity contribution in [2.24, 2.45) is 0 Å². The van der Waals surface area contributed by atoms with E-state index in [0.717, 1.165) is 40.4 Å². The Labute approximate surface area is 109 Å². The zero-order valence-corrected chi connectivity index (χ0v) is 10.9. The highest BCUT2D eigenvalue weighted by Gasteiger charge is 2.48. The smallest absolute Gasteiger partial charge is 0.315 e. The summed E-state index contributed by atoms with van der Waals surface area (Å²) in [6, 6.07) is 1.95. The van der Waals surface area contributed by atoms with E-state index in [9.17, 15) is 9.90 Å². The molecule has 1 aliphatic rings. The maximum Gasteiger partial charge on any atom is 0.315 e. The lowest BCUT2D eigenvalue weighted by Gasteiger charge is -2.36.